The van der Waals surface area contributed by atoms with Crippen molar-refractivity contribution in [2.75, 3.05) is 24.5 Å². The van der Waals surface area contributed by atoms with Gasteiger partial charge in [-0.15, -0.1) is 0 Å². The molecule has 0 bridgehead atoms. The van der Waals surface area contributed by atoms with Gasteiger partial charge < -0.3 is 37.2 Å². The molecule has 0 aliphatic heterocycles. The molecule has 0 fully saturated rings. The summed E-state index contributed by atoms with van der Waals surface area (Å²) in [5, 5.41) is 7.85. The van der Waals surface area contributed by atoms with Gasteiger partial charge in [-0.05, 0) is 234 Å². The summed E-state index contributed by atoms with van der Waals surface area (Å²) in [5.41, 5.74) is 23.7. The van der Waals surface area contributed by atoms with Crippen LogP contribution in [0.25, 0.3) is 65.4 Å². The molecule has 0 atom stereocenters. The van der Waals surface area contributed by atoms with Crippen molar-refractivity contribution in [2.45, 2.75) is 117 Å². The average Bonchev–Trinajstić information content (AvgIpc) is 1.60. The summed E-state index contributed by atoms with van der Waals surface area (Å²) in [6.45, 7) is 36.9. The molecule has 17 rings (SSSR count). The highest BCUT2D eigenvalue weighted by atomic mass is 28.3. The molecule has 0 radical (unpaired) electrons. The zero-order valence-electron chi connectivity index (χ0n) is 68.0. The first kappa shape index (κ1) is 73.9. The molecule has 0 N–H and O–H groups in total. The summed E-state index contributed by atoms with van der Waals surface area (Å²) in [6, 6.07) is 128. The maximum Gasteiger partial charge on any atom is 0.161 e. The molecule has 0 unspecified atom stereocenters. The SMILES string of the molecule is CC(C)(C)[Si](C)(C)n1c2ccccc2c2cc(N(c3ccc(N(c4ccccc4)c4ccccc4)cc3)c3ccc(N(c4ccc(N(c5ccc(N(c6ccccc6)c6ccccc6)cc5)c5ccc6c(c5)c5ccccc5n6[Si](C)(C)C(C)(C)C)cc4)c4ccc5c(c4)c4ccccc4n5[Si](C)(C)C(C)(C)C)cc3)ccc21. The van der Waals surface area contributed by atoms with Gasteiger partial charge in [0.1, 0.15) is 0 Å². The fourth-order valence-electron chi connectivity index (χ4n) is 16.7. The molecule has 0 aliphatic carbocycles. The Kier molecular flexibility index (Phi) is 18.6. The largest absolute Gasteiger partial charge is 0.368 e. The maximum absolute atomic E-state index is 2.73. The second-order valence-corrected chi connectivity index (χ2v) is 50.4. The summed E-state index contributed by atoms with van der Waals surface area (Å²) in [5.74, 6) is 0. The first-order chi connectivity index (χ1) is 54.3. The van der Waals surface area contributed by atoms with Gasteiger partial charge >= 0.3 is 0 Å². The van der Waals surface area contributed by atoms with Crippen LogP contribution in [0.3, 0.4) is 0 Å². The minimum Gasteiger partial charge on any atom is -0.368 e. The molecule has 113 heavy (non-hydrogen) atoms. The molecule has 8 nitrogen and oxygen atoms in total. The number of nitrogens with zero attached hydrogens (tertiary/aromatic N) is 8. The average molecular weight is 1520 g/mol. The number of para-hydroxylation sites is 7. The Hall–Kier alpha value is -11.9. The quantitative estimate of drug-likeness (QED) is 0.0799. The Bertz CT molecular complexity index is 5930. The highest BCUT2D eigenvalue weighted by Gasteiger charge is 2.43. The van der Waals surface area contributed by atoms with Crippen LogP contribution in [-0.2, 0) is 0 Å². The lowest BCUT2D eigenvalue weighted by Crippen LogP contribution is -2.45. The van der Waals surface area contributed by atoms with Gasteiger partial charge in [-0.1, -0.05) is 229 Å². The molecular weight excluding hydrogens is 1420 g/mol. The Morgan fingerprint density at radius 3 is 0.513 bits per heavy atom. The van der Waals surface area contributed by atoms with E-state index in [0.717, 1.165) is 85.3 Å². The number of hydrogen-bond acceptors (Lipinski definition) is 5. The van der Waals surface area contributed by atoms with Crippen LogP contribution < -0.4 is 24.5 Å². The number of anilines is 15. The minimum atomic E-state index is -2.16. The van der Waals surface area contributed by atoms with Crippen molar-refractivity contribution >= 4 is 175 Å². The Morgan fingerprint density at radius 1 is 0.168 bits per heavy atom. The zero-order valence-corrected chi connectivity index (χ0v) is 71.0. The van der Waals surface area contributed by atoms with E-state index in [1.807, 2.05) is 0 Å². The van der Waals surface area contributed by atoms with Crippen LogP contribution >= 0.6 is 0 Å². The van der Waals surface area contributed by atoms with E-state index in [2.05, 4.69) is 485 Å². The van der Waals surface area contributed by atoms with E-state index in [0.29, 0.717) is 0 Å². The maximum atomic E-state index is 2.73. The first-order valence-corrected chi connectivity index (χ1v) is 48.8. The molecule has 0 spiro atoms. The highest BCUT2D eigenvalue weighted by Crippen LogP contribution is 2.51. The fraction of sp³-hybridized carbons (Fsp3) is 0.176. The van der Waals surface area contributed by atoms with Gasteiger partial charge in [-0.25, -0.2) is 0 Å². The van der Waals surface area contributed by atoms with Crippen molar-refractivity contribution in [3.05, 3.63) is 346 Å². The summed E-state index contributed by atoms with van der Waals surface area (Å²) in [7, 11) is -6.40. The van der Waals surface area contributed by atoms with Gasteiger partial charge in [-0.3, -0.25) is 0 Å². The molecule has 11 heteroatoms. The zero-order chi connectivity index (χ0) is 78.5. The van der Waals surface area contributed by atoms with Gasteiger partial charge in [0.05, 0.1) is 0 Å². The Balaban J connectivity index is 0.839. The van der Waals surface area contributed by atoms with Gasteiger partial charge in [-0.2, -0.15) is 0 Å². The molecular formula is C102H102N8Si3. The number of hydrogen-bond donors (Lipinski definition) is 0. The molecule has 562 valence electrons. The predicted molar refractivity (Wildman–Crippen MR) is 497 cm³/mol. The second kappa shape index (κ2) is 28.4. The minimum absolute atomic E-state index is 0.0851. The number of rotatable bonds is 18. The van der Waals surface area contributed by atoms with Crippen LogP contribution in [0.2, 0.25) is 54.4 Å². The van der Waals surface area contributed by atoms with Crippen LogP contribution in [0.5, 0.6) is 0 Å². The molecule has 14 aromatic carbocycles. The predicted octanol–water partition coefficient (Wildman–Crippen LogP) is 30.9. The van der Waals surface area contributed by atoms with Crippen molar-refractivity contribution < 1.29 is 0 Å². The van der Waals surface area contributed by atoms with Crippen LogP contribution in [0.1, 0.15) is 62.3 Å². The molecule has 0 saturated heterocycles. The topological polar surface area (TPSA) is 31.0 Å². The number of aromatic nitrogens is 3. The first-order valence-electron chi connectivity index (χ1n) is 40.0. The van der Waals surface area contributed by atoms with Crippen molar-refractivity contribution in [1.82, 2.24) is 12.7 Å². The lowest BCUT2D eigenvalue weighted by Gasteiger charge is -2.39. The monoisotopic (exact) mass is 1520 g/mol. The van der Waals surface area contributed by atoms with E-state index in [1.54, 1.807) is 0 Å². The molecule has 3 aromatic heterocycles. The van der Waals surface area contributed by atoms with Crippen molar-refractivity contribution in [3.63, 3.8) is 0 Å². The lowest BCUT2D eigenvalue weighted by atomic mass is 10.1. The molecule has 0 amide bonds. The van der Waals surface area contributed by atoms with Crippen molar-refractivity contribution in [2.24, 2.45) is 0 Å². The second-order valence-electron chi connectivity index (χ2n) is 35.2. The third kappa shape index (κ3) is 12.9. The third-order valence-corrected chi connectivity index (χ3v) is 41.3. The van der Waals surface area contributed by atoms with E-state index in [1.165, 1.54) is 65.4 Å². The van der Waals surface area contributed by atoms with E-state index < -0.39 is 24.7 Å². The van der Waals surface area contributed by atoms with Crippen molar-refractivity contribution in [1.29, 1.82) is 0 Å². The van der Waals surface area contributed by atoms with Crippen LogP contribution in [0.4, 0.5) is 85.3 Å². The summed E-state index contributed by atoms with van der Waals surface area (Å²) < 4.78 is 8.17. The number of fused-ring (bicyclic) bond motifs is 9. The van der Waals surface area contributed by atoms with E-state index >= 15 is 0 Å². The molecule has 0 aliphatic rings. The standard InChI is InChI=1S/C102H102N8Si3/c1-100(2,3)111(10,11)108-94-45-31-28-42-88(94)91-70-85(64-67-97(91)108)105(79-52-48-77(49-53-79)103(73-34-20-16-21-35-73)74-36-22-17-23-37-74)81-56-60-83(61-57-81)107(87-66-69-99-93(72-87)90-44-30-33-47-96(90)110(99)113(14,15)102(7,8)9)84-62-58-82(59-63-84)106(80-54-50-78(51-55-80)104(75-38-24-18-25-39-75)76-40-26-19-27-41-76)86-65-68-98-92(71-86)89-43-29-32-46-95(89)109(98)112(12,13)101(4,5)6/h16-72H,1-15H3. The van der Waals surface area contributed by atoms with Gasteiger partial charge in [0.25, 0.3) is 0 Å². The van der Waals surface area contributed by atoms with Gasteiger partial charge in [0.2, 0.25) is 0 Å². The van der Waals surface area contributed by atoms with Crippen LogP contribution in [-0.4, -0.2) is 37.4 Å². The van der Waals surface area contributed by atoms with E-state index in [-0.39, 0.29) is 15.1 Å². The van der Waals surface area contributed by atoms with Crippen LogP contribution in [0, 0.1) is 0 Å². The molecule has 17 aromatic rings. The van der Waals surface area contributed by atoms with Crippen LogP contribution in [0.15, 0.2) is 346 Å². The van der Waals surface area contributed by atoms with E-state index in [9.17, 15) is 0 Å². The normalized spacial score (nSPS) is 12.6. The summed E-state index contributed by atoms with van der Waals surface area (Å²) in [6.07, 6.45) is 0. The Labute approximate surface area is 670 Å². The van der Waals surface area contributed by atoms with E-state index in [4.69, 9.17) is 0 Å². The smallest absolute Gasteiger partial charge is 0.161 e. The lowest BCUT2D eigenvalue weighted by molar-refractivity contribution is 0.705. The Morgan fingerprint density at radius 2 is 0.319 bits per heavy atom. The fourth-order valence-corrected chi connectivity index (χ4v) is 23.5. The highest BCUT2D eigenvalue weighted by molar-refractivity contribution is 6.81. The molecule has 3 heterocycles. The van der Waals surface area contributed by atoms with Gasteiger partial charge in [0, 0.05) is 151 Å². The molecule has 0 saturated carbocycles. The van der Waals surface area contributed by atoms with Gasteiger partial charge in [0.15, 0.2) is 24.7 Å². The number of benzene rings is 14. The van der Waals surface area contributed by atoms with Crippen molar-refractivity contribution in [3.8, 4) is 0 Å². The third-order valence-electron chi connectivity index (χ3n) is 25.4. The summed E-state index contributed by atoms with van der Waals surface area (Å²) in [4.78, 5) is 12.0. The summed E-state index contributed by atoms with van der Waals surface area (Å²) >= 11 is 0.